The molecule has 2 aliphatic rings. The maximum Gasteiger partial charge on any atom is 0.327 e. The van der Waals surface area contributed by atoms with Crippen molar-refractivity contribution in [3.05, 3.63) is 120 Å². The number of anilines is 3. The Morgan fingerprint density at radius 1 is 0.947 bits per heavy atom. The van der Waals surface area contributed by atoms with Gasteiger partial charge in [0.15, 0.2) is 5.78 Å². The second kappa shape index (κ2) is 9.94. The summed E-state index contributed by atoms with van der Waals surface area (Å²) in [6.07, 6.45) is 2.54. The molecule has 2 amide bonds. The van der Waals surface area contributed by atoms with Gasteiger partial charge in [0, 0.05) is 29.3 Å². The Balaban J connectivity index is 1.48. The molecule has 6 rings (SSSR count). The Hall–Kier alpha value is -4.78. The number of methoxy groups -OCH3 is 1. The first-order valence-electron chi connectivity index (χ1n) is 12.6. The van der Waals surface area contributed by atoms with Gasteiger partial charge in [0.05, 0.1) is 30.8 Å². The summed E-state index contributed by atoms with van der Waals surface area (Å²) >= 11 is 0. The predicted molar refractivity (Wildman–Crippen MR) is 146 cm³/mol. The molecule has 7 heteroatoms. The number of benzene rings is 3. The third-order valence-electron chi connectivity index (χ3n) is 7.11. The summed E-state index contributed by atoms with van der Waals surface area (Å²) < 4.78 is 10.9. The van der Waals surface area contributed by atoms with Crippen LogP contribution in [0.5, 0.6) is 5.75 Å². The Labute approximate surface area is 220 Å². The fourth-order valence-electron chi connectivity index (χ4n) is 5.35. The second-order valence-corrected chi connectivity index (χ2v) is 9.42. The molecular weight excluding hydrogens is 478 g/mol. The van der Waals surface area contributed by atoms with Crippen molar-refractivity contribution in [2.45, 2.75) is 24.8 Å². The maximum atomic E-state index is 14.1. The van der Waals surface area contributed by atoms with Gasteiger partial charge in [-0.3, -0.25) is 9.69 Å². The van der Waals surface area contributed by atoms with Gasteiger partial charge in [-0.15, -0.1) is 0 Å². The van der Waals surface area contributed by atoms with Crippen molar-refractivity contribution in [2.75, 3.05) is 22.6 Å². The molecule has 1 aromatic heterocycles. The van der Waals surface area contributed by atoms with Crippen LogP contribution in [-0.4, -0.2) is 18.9 Å². The van der Waals surface area contributed by atoms with Gasteiger partial charge in [-0.05, 0) is 60.5 Å². The van der Waals surface area contributed by atoms with E-state index in [2.05, 4.69) is 10.6 Å². The maximum absolute atomic E-state index is 14.1. The number of para-hydroxylation sites is 2. The lowest BCUT2D eigenvalue weighted by atomic mass is 9.80. The molecule has 0 fully saturated rings. The summed E-state index contributed by atoms with van der Waals surface area (Å²) in [5.41, 5.74) is 4.33. The zero-order valence-corrected chi connectivity index (χ0v) is 20.9. The number of ether oxygens (including phenoxy) is 1. The number of hydrogen-bond acceptors (Lipinski definition) is 5. The zero-order valence-electron chi connectivity index (χ0n) is 20.9. The number of nitrogens with one attached hydrogen (secondary N) is 2. The highest BCUT2D eigenvalue weighted by atomic mass is 16.5. The number of urea groups is 1. The topological polar surface area (TPSA) is 83.8 Å². The molecule has 0 unspecified atom stereocenters. The fourth-order valence-corrected chi connectivity index (χ4v) is 5.35. The van der Waals surface area contributed by atoms with Crippen LogP contribution in [0, 0.1) is 0 Å². The van der Waals surface area contributed by atoms with Gasteiger partial charge in [-0.1, -0.05) is 42.5 Å². The first kappa shape index (κ1) is 23.6. The number of furan rings is 1. The molecule has 190 valence electrons. The number of carbonyl (C=O) groups excluding carboxylic acids is 2. The minimum Gasteiger partial charge on any atom is -0.497 e. The van der Waals surface area contributed by atoms with Crippen LogP contribution in [0.4, 0.5) is 21.9 Å². The summed E-state index contributed by atoms with van der Waals surface area (Å²) in [6.45, 7) is 0. The molecule has 2 heterocycles. The smallest absolute Gasteiger partial charge is 0.327 e. The van der Waals surface area contributed by atoms with Gasteiger partial charge in [0.1, 0.15) is 11.5 Å². The second-order valence-electron chi connectivity index (χ2n) is 9.42. The quantitative estimate of drug-likeness (QED) is 0.315. The molecular formula is C31H27N3O4. The molecule has 7 nitrogen and oxygen atoms in total. The van der Waals surface area contributed by atoms with E-state index in [1.165, 1.54) is 0 Å². The number of carbonyl (C=O) groups is 2. The van der Waals surface area contributed by atoms with Crippen molar-refractivity contribution in [3.8, 4) is 5.75 Å². The number of fused-ring (bicyclic) bond motifs is 1. The van der Waals surface area contributed by atoms with Gasteiger partial charge < -0.3 is 19.8 Å². The van der Waals surface area contributed by atoms with E-state index >= 15 is 0 Å². The lowest BCUT2D eigenvalue weighted by Gasteiger charge is -2.34. The van der Waals surface area contributed by atoms with Crippen molar-refractivity contribution in [1.29, 1.82) is 0 Å². The van der Waals surface area contributed by atoms with Crippen LogP contribution in [0.1, 0.15) is 36.1 Å². The van der Waals surface area contributed by atoms with E-state index in [-0.39, 0.29) is 17.7 Å². The Morgan fingerprint density at radius 3 is 2.45 bits per heavy atom. The summed E-state index contributed by atoms with van der Waals surface area (Å²) in [4.78, 5) is 29.7. The zero-order chi connectivity index (χ0) is 26.1. The van der Waals surface area contributed by atoms with Gasteiger partial charge >= 0.3 is 6.03 Å². The van der Waals surface area contributed by atoms with Crippen molar-refractivity contribution >= 4 is 28.9 Å². The highest BCUT2D eigenvalue weighted by Gasteiger charge is 2.42. The lowest BCUT2D eigenvalue weighted by molar-refractivity contribution is -0.116. The molecule has 1 aliphatic carbocycles. The summed E-state index contributed by atoms with van der Waals surface area (Å²) in [6, 6.07) is 27.3. The molecule has 0 spiro atoms. The lowest BCUT2D eigenvalue weighted by Crippen LogP contribution is -2.41. The average Bonchev–Trinajstić information content (AvgIpc) is 3.44. The summed E-state index contributed by atoms with van der Waals surface area (Å²) in [5, 5.41) is 6.55. The van der Waals surface area contributed by atoms with E-state index in [4.69, 9.17) is 9.15 Å². The van der Waals surface area contributed by atoms with Gasteiger partial charge in [-0.25, -0.2) is 4.79 Å². The Bertz CT molecular complexity index is 1490. The molecule has 4 aromatic rings. The molecule has 38 heavy (non-hydrogen) atoms. The molecule has 0 radical (unpaired) electrons. The van der Waals surface area contributed by atoms with E-state index in [0.717, 1.165) is 22.7 Å². The first-order valence-corrected chi connectivity index (χ1v) is 12.6. The van der Waals surface area contributed by atoms with Crippen LogP contribution >= 0.6 is 0 Å². The third-order valence-corrected chi connectivity index (χ3v) is 7.11. The van der Waals surface area contributed by atoms with Crippen LogP contribution in [-0.2, 0) is 4.79 Å². The van der Waals surface area contributed by atoms with Crippen LogP contribution in [0.3, 0.4) is 0 Å². The number of amides is 2. The van der Waals surface area contributed by atoms with Crippen LogP contribution in [0.2, 0.25) is 0 Å². The largest absolute Gasteiger partial charge is 0.497 e. The van der Waals surface area contributed by atoms with E-state index < -0.39 is 6.04 Å². The van der Waals surface area contributed by atoms with Crippen molar-refractivity contribution in [2.24, 2.45) is 0 Å². The van der Waals surface area contributed by atoms with E-state index in [0.29, 0.717) is 35.5 Å². The molecule has 0 saturated heterocycles. The van der Waals surface area contributed by atoms with Gasteiger partial charge in [-0.2, -0.15) is 0 Å². The molecule has 0 bridgehead atoms. The standard InChI is InChI=1S/C31H27N3O4/c1-37-23-15-13-22(14-16-23)32-31(36)34-26-11-6-5-10-24(26)33-25-18-21(28-12-7-17-38-28)19-27(35)29(25)30(34)20-8-3-2-4-9-20/h2-17,21,30,33H,18-19H2,1H3,(H,32,36)/t21-,30-/m1/s1. The average molecular weight is 506 g/mol. The van der Waals surface area contributed by atoms with Gasteiger partial charge in [0.2, 0.25) is 0 Å². The van der Waals surface area contributed by atoms with E-state index in [1.807, 2.05) is 66.7 Å². The Kier molecular flexibility index (Phi) is 6.17. The van der Waals surface area contributed by atoms with E-state index in [9.17, 15) is 9.59 Å². The highest BCUT2D eigenvalue weighted by molar-refractivity contribution is 6.09. The third kappa shape index (κ3) is 4.32. The fraction of sp³-hybridized carbons (Fsp3) is 0.161. The van der Waals surface area contributed by atoms with Crippen molar-refractivity contribution in [1.82, 2.24) is 0 Å². The number of allylic oxidation sites excluding steroid dienone is 1. The van der Waals surface area contributed by atoms with Crippen LogP contribution in [0.15, 0.2) is 113 Å². The predicted octanol–water partition coefficient (Wildman–Crippen LogP) is 6.89. The number of hydrogen-bond donors (Lipinski definition) is 2. The normalized spacial score (nSPS) is 18.7. The molecule has 2 N–H and O–H groups in total. The Morgan fingerprint density at radius 2 is 1.71 bits per heavy atom. The van der Waals surface area contributed by atoms with Crippen molar-refractivity contribution in [3.63, 3.8) is 0 Å². The molecule has 3 aromatic carbocycles. The minimum atomic E-state index is -0.620. The SMILES string of the molecule is COc1ccc(NC(=O)N2c3ccccc3NC3=C(C(=O)C[C@H](c4ccco4)C3)[C@H]2c2ccccc2)cc1. The minimum absolute atomic E-state index is 0.0101. The molecule has 0 saturated carbocycles. The van der Waals surface area contributed by atoms with Crippen LogP contribution < -0.4 is 20.3 Å². The highest BCUT2D eigenvalue weighted by Crippen LogP contribution is 2.47. The number of rotatable bonds is 4. The summed E-state index contributed by atoms with van der Waals surface area (Å²) in [5.74, 6) is 1.40. The van der Waals surface area contributed by atoms with E-state index in [1.54, 1.807) is 42.5 Å². The molecule has 1 aliphatic heterocycles. The number of nitrogens with zero attached hydrogens (tertiary/aromatic N) is 1. The van der Waals surface area contributed by atoms with Crippen LogP contribution in [0.25, 0.3) is 0 Å². The number of ketones is 1. The van der Waals surface area contributed by atoms with Crippen molar-refractivity contribution < 1.29 is 18.7 Å². The number of Topliss-reactive ketones (excluding diaryl/α,β-unsaturated/α-hetero) is 1. The monoisotopic (exact) mass is 505 g/mol. The first-order chi connectivity index (χ1) is 18.6. The molecule has 2 atom stereocenters. The summed E-state index contributed by atoms with van der Waals surface area (Å²) in [7, 11) is 1.60. The van der Waals surface area contributed by atoms with Gasteiger partial charge in [0.25, 0.3) is 0 Å².